The summed E-state index contributed by atoms with van der Waals surface area (Å²) in [5.74, 6) is 2.41. The summed E-state index contributed by atoms with van der Waals surface area (Å²) in [7, 11) is 5.45. The highest BCUT2D eigenvalue weighted by Crippen LogP contribution is 2.31. The quantitative estimate of drug-likeness (QED) is 0.783. The second-order valence-corrected chi connectivity index (χ2v) is 5.82. The summed E-state index contributed by atoms with van der Waals surface area (Å²) in [4.78, 5) is 6.87. The van der Waals surface area contributed by atoms with E-state index >= 15 is 0 Å². The number of ether oxygens (including phenoxy) is 2. The maximum Gasteiger partial charge on any atom is 0.226 e. The fraction of sp³-hybridized carbons (Fsp3) is 0.500. The van der Waals surface area contributed by atoms with Crippen LogP contribution in [0.5, 0.6) is 5.75 Å². The minimum absolute atomic E-state index is 0.667. The maximum absolute atomic E-state index is 5.91. The average Bonchev–Trinajstić information content (AvgIpc) is 2.88. The predicted octanol–water partition coefficient (Wildman–Crippen LogP) is 3.35. The Kier molecular flexibility index (Phi) is 5.80. The van der Waals surface area contributed by atoms with E-state index in [1.807, 2.05) is 26.0 Å². The van der Waals surface area contributed by atoms with Crippen LogP contribution in [-0.2, 0) is 11.3 Å². The molecule has 1 heterocycles. The minimum Gasteiger partial charge on any atom is -0.496 e. The van der Waals surface area contributed by atoms with Crippen LogP contribution in [0.1, 0.15) is 22.6 Å². The molecule has 0 spiro atoms. The molecule has 0 unspecified atom stereocenters. The van der Waals surface area contributed by atoms with Gasteiger partial charge in [-0.3, -0.25) is 4.90 Å². The Balaban J connectivity index is 2.26. The van der Waals surface area contributed by atoms with Crippen LogP contribution < -0.4 is 4.74 Å². The van der Waals surface area contributed by atoms with Crippen molar-refractivity contribution < 1.29 is 13.9 Å². The van der Waals surface area contributed by atoms with Gasteiger partial charge >= 0.3 is 0 Å². The molecule has 0 radical (unpaired) electrons. The first-order chi connectivity index (χ1) is 11.0. The molecule has 2 aromatic rings. The summed E-state index contributed by atoms with van der Waals surface area (Å²) in [5.41, 5.74) is 4.22. The molecule has 2 rings (SSSR count). The van der Waals surface area contributed by atoms with Crippen LogP contribution in [0, 0.1) is 20.8 Å². The van der Waals surface area contributed by atoms with Gasteiger partial charge in [-0.15, -0.1) is 0 Å². The fourth-order valence-electron chi connectivity index (χ4n) is 2.52. The first kappa shape index (κ1) is 17.5. The Morgan fingerprint density at radius 1 is 1.13 bits per heavy atom. The summed E-state index contributed by atoms with van der Waals surface area (Å²) in [6.07, 6.45) is 0. The van der Waals surface area contributed by atoms with Gasteiger partial charge < -0.3 is 13.9 Å². The predicted molar refractivity (Wildman–Crippen MR) is 90.9 cm³/mol. The average molecular weight is 318 g/mol. The lowest BCUT2D eigenvalue weighted by Gasteiger charge is -2.14. The van der Waals surface area contributed by atoms with E-state index in [9.17, 15) is 0 Å². The molecule has 0 atom stereocenters. The summed E-state index contributed by atoms with van der Waals surface area (Å²) < 4.78 is 16.4. The number of hydrogen-bond acceptors (Lipinski definition) is 5. The van der Waals surface area contributed by atoms with Crippen molar-refractivity contribution in [3.63, 3.8) is 0 Å². The molecule has 23 heavy (non-hydrogen) atoms. The van der Waals surface area contributed by atoms with Crippen molar-refractivity contribution >= 4 is 0 Å². The zero-order valence-corrected chi connectivity index (χ0v) is 14.9. The SMILES string of the molecule is COCCN(C)Cc1nc(-c2ccc(OC)c(C)c2C)oc1C. The summed E-state index contributed by atoms with van der Waals surface area (Å²) >= 11 is 0. The van der Waals surface area contributed by atoms with Crippen molar-refractivity contribution in [3.05, 3.63) is 34.7 Å². The number of nitrogens with zero attached hydrogens (tertiary/aromatic N) is 2. The highest BCUT2D eigenvalue weighted by molar-refractivity contribution is 5.63. The van der Waals surface area contributed by atoms with Gasteiger partial charge in [0.15, 0.2) is 0 Å². The highest BCUT2D eigenvalue weighted by Gasteiger charge is 2.16. The van der Waals surface area contributed by atoms with Gasteiger partial charge in [0.25, 0.3) is 0 Å². The molecule has 0 saturated carbocycles. The number of aryl methyl sites for hydroxylation is 1. The zero-order valence-electron chi connectivity index (χ0n) is 14.9. The van der Waals surface area contributed by atoms with Crippen molar-refractivity contribution in [1.82, 2.24) is 9.88 Å². The molecule has 0 bridgehead atoms. The maximum atomic E-state index is 5.91. The number of oxazole rings is 1. The molecular weight excluding hydrogens is 292 g/mol. The van der Waals surface area contributed by atoms with Crippen LogP contribution in [-0.4, -0.2) is 44.3 Å². The van der Waals surface area contributed by atoms with Crippen LogP contribution in [0.25, 0.3) is 11.5 Å². The van der Waals surface area contributed by atoms with Gasteiger partial charge in [0, 0.05) is 25.8 Å². The lowest BCUT2D eigenvalue weighted by molar-refractivity contribution is 0.158. The topological polar surface area (TPSA) is 47.7 Å². The number of methoxy groups -OCH3 is 2. The number of rotatable bonds is 7. The van der Waals surface area contributed by atoms with Gasteiger partial charge in [0.05, 0.1) is 19.4 Å². The highest BCUT2D eigenvalue weighted by atomic mass is 16.5. The molecular formula is C18H26N2O3. The van der Waals surface area contributed by atoms with Crippen molar-refractivity contribution in [3.8, 4) is 17.2 Å². The standard InChI is InChI=1S/C18H26N2O3/c1-12-13(2)17(22-6)8-7-15(12)18-19-16(14(3)23-18)11-20(4)9-10-21-5/h7-8H,9-11H2,1-6H3. The van der Waals surface area contributed by atoms with E-state index in [1.165, 1.54) is 0 Å². The van der Waals surface area contributed by atoms with Crippen molar-refractivity contribution in [2.24, 2.45) is 0 Å². The largest absolute Gasteiger partial charge is 0.496 e. The Labute approximate surface area is 138 Å². The lowest BCUT2D eigenvalue weighted by Crippen LogP contribution is -2.22. The van der Waals surface area contributed by atoms with E-state index in [1.54, 1.807) is 14.2 Å². The second-order valence-electron chi connectivity index (χ2n) is 5.82. The van der Waals surface area contributed by atoms with Crippen molar-refractivity contribution in [2.75, 3.05) is 34.4 Å². The van der Waals surface area contributed by atoms with Gasteiger partial charge in [0.1, 0.15) is 11.5 Å². The minimum atomic E-state index is 0.667. The van der Waals surface area contributed by atoms with E-state index < -0.39 is 0 Å². The molecule has 5 nitrogen and oxygen atoms in total. The molecule has 1 aromatic carbocycles. The molecule has 0 aliphatic rings. The van der Waals surface area contributed by atoms with Crippen LogP contribution in [0.3, 0.4) is 0 Å². The molecule has 0 aliphatic carbocycles. The summed E-state index contributed by atoms with van der Waals surface area (Å²) in [6, 6.07) is 3.96. The van der Waals surface area contributed by atoms with Gasteiger partial charge in [-0.25, -0.2) is 4.98 Å². The Hall–Kier alpha value is -1.85. The number of aromatic nitrogens is 1. The fourth-order valence-corrected chi connectivity index (χ4v) is 2.52. The first-order valence-electron chi connectivity index (χ1n) is 7.76. The Morgan fingerprint density at radius 3 is 2.52 bits per heavy atom. The first-order valence-corrected chi connectivity index (χ1v) is 7.76. The molecule has 0 fully saturated rings. The summed E-state index contributed by atoms with van der Waals surface area (Å²) in [6.45, 7) is 8.38. The molecule has 1 aromatic heterocycles. The van der Waals surface area contributed by atoms with Crippen molar-refractivity contribution in [2.45, 2.75) is 27.3 Å². The number of benzene rings is 1. The van der Waals surface area contributed by atoms with E-state index in [0.29, 0.717) is 12.5 Å². The molecule has 0 N–H and O–H groups in total. The monoisotopic (exact) mass is 318 g/mol. The van der Waals surface area contributed by atoms with Crippen molar-refractivity contribution in [1.29, 1.82) is 0 Å². The molecule has 126 valence electrons. The van der Waals surface area contributed by atoms with Gasteiger partial charge in [-0.1, -0.05) is 0 Å². The molecule has 0 amide bonds. The zero-order chi connectivity index (χ0) is 17.0. The molecule has 5 heteroatoms. The van der Waals surface area contributed by atoms with Gasteiger partial charge in [-0.05, 0) is 51.1 Å². The Bertz CT molecular complexity index is 665. The third-order valence-electron chi connectivity index (χ3n) is 4.18. The number of hydrogen-bond donors (Lipinski definition) is 0. The molecule has 0 saturated heterocycles. The van der Waals surface area contributed by atoms with E-state index in [0.717, 1.165) is 47.0 Å². The normalized spacial score (nSPS) is 11.3. The van der Waals surface area contributed by atoms with Gasteiger partial charge in [-0.2, -0.15) is 0 Å². The molecule has 0 aliphatic heterocycles. The van der Waals surface area contributed by atoms with E-state index in [4.69, 9.17) is 18.9 Å². The lowest BCUT2D eigenvalue weighted by atomic mass is 10.0. The number of likely N-dealkylation sites (N-methyl/N-ethyl adjacent to an activating group) is 1. The van der Waals surface area contributed by atoms with E-state index in [2.05, 4.69) is 18.9 Å². The van der Waals surface area contributed by atoms with Crippen LogP contribution in [0.4, 0.5) is 0 Å². The third kappa shape index (κ3) is 3.92. The van der Waals surface area contributed by atoms with Gasteiger partial charge in [0.2, 0.25) is 5.89 Å². The smallest absolute Gasteiger partial charge is 0.226 e. The third-order valence-corrected chi connectivity index (χ3v) is 4.18. The van der Waals surface area contributed by atoms with Crippen LogP contribution >= 0.6 is 0 Å². The summed E-state index contributed by atoms with van der Waals surface area (Å²) in [5, 5.41) is 0. The van der Waals surface area contributed by atoms with Crippen LogP contribution in [0.2, 0.25) is 0 Å². The Morgan fingerprint density at radius 2 is 1.87 bits per heavy atom. The second kappa shape index (κ2) is 7.62. The van der Waals surface area contributed by atoms with Crippen LogP contribution in [0.15, 0.2) is 16.5 Å². The van der Waals surface area contributed by atoms with E-state index in [-0.39, 0.29) is 0 Å².